The molecule has 0 atom stereocenters. The third-order valence-electron chi connectivity index (χ3n) is 4.85. The maximum absolute atomic E-state index is 11.0. The van der Waals surface area contributed by atoms with Crippen LogP contribution >= 0.6 is 0 Å². The highest BCUT2D eigenvalue weighted by molar-refractivity contribution is 5.88. The number of carbonyl (C=O) groups excluding carboxylic acids is 1. The Morgan fingerprint density at radius 1 is 0.875 bits per heavy atom. The Bertz CT molecular complexity index is 858. The summed E-state index contributed by atoms with van der Waals surface area (Å²) in [7, 11) is 2.17. The number of hydrogen-bond donors (Lipinski definition) is 0. The van der Waals surface area contributed by atoms with E-state index in [4.69, 9.17) is 0 Å². The van der Waals surface area contributed by atoms with Gasteiger partial charge >= 0.3 is 0 Å². The normalized spacial score (nSPS) is 15.8. The van der Waals surface area contributed by atoms with Crippen LogP contribution < -0.4 is 4.90 Å². The fourth-order valence-electron chi connectivity index (χ4n) is 3.33. The van der Waals surface area contributed by atoms with Crippen molar-refractivity contribution < 1.29 is 4.79 Å². The number of anilines is 1. The van der Waals surface area contributed by atoms with Gasteiger partial charge in [-0.05, 0) is 48.8 Å². The van der Waals surface area contributed by atoms with Crippen LogP contribution in [0.25, 0.3) is 16.6 Å². The van der Waals surface area contributed by atoms with E-state index in [2.05, 4.69) is 57.9 Å². The quantitative estimate of drug-likeness (QED) is 0.694. The predicted octanol–water partition coefficient (Wildman–Crippen LogP) is 3.19. The van der Waals surface area contributed by atoms with E-state index in [-0.39, 0.29) is 0 Å². The lowest BCUT2D eigenvalue weighted by molar-refractivity contribution is 0.112. The molecule has 3 aromatic rings. The number of nitrogens with zero attached hydrogens (tertiary/aromatic N) is 3. The molecule has 1 aromatic heterocycles. The van der Waals surface area contributed by atoms with Gasteiger partial charge < -0.3 is 14.4 Å². The van der Waals surface area contributed by atoms with Gasteiger partial charge in [0.05, 0.1) is 5.52 Å². The summed E-state index contributed by atoms with van der Waals surface area (Å²) in [5.41, 5.74) is 4.16. The predicted molar refractivity (Wildman–Crippen MR) is 98.4 cm³/mol. The van der Waals surface area contributed by atoms with Gasteiger partial charge in [0.25, 0.3) is 0 Å². The minimum atomic E-state index is 0.705. The molecule has 0 unspecified atom stereocenters. The summed E-state index contributed by atoms with van der Waals surface area (Å²) < 4.78 is 2.14. The Balaban J connectivity index is 1.64. The lowest BCUT2D eigenvalue weighted by Crippen LogP contribution is -2.44. The summed E-state index contributed by atoms with van der Waals surface area (Å²) in [5, 5.41) is 1.14. The first-order chi connectivity index (χ1) is 11.7. The van der Waals surface area contributed by atoms with Crippen molar-refractivity contribution in [3.05, 3.63) is 60.3 Å². The molecule has 4 rings (SSSR count). The third kappa shape index (κ3) is 2.69. The van der Waals surface area contributed by atoms with Crippen LogP contribution in [0, 0.1) is 0 Å². The largest absolute Gasteiger partial charge is 0.369 e. The molecule has 0 N–H and O–H groups in total. The summed E-state index contributed by atoms with van der Waals surface area (Å²) in [6.07, 6.45) is 2.96. The first kappa shape index (κ1) is 15.0. The number of rotatable bonds is 3. The van der Waals surface area contributed by atoms with Gasteiger partial charge in [0.2, 0.25) is 0 Å². The van der Waals surface area contributed by atoms with Crippen molar-refractivity contribution in [1.29, 1.82) is 0 Å². The Hall–Kier alpha value is -2.59. The monoisotopic (exact) mass is 319 g/mol. The fourth-order valence-corrected chi connectivity index (χ4v) is 3.33. The second-order valence-corrected chi connectivity index (χ2v) is 6.43. The van der Waals surface area contributed by atoms with Crippen molar-refractivity contribution >= 4 is 22.9 Å². The van der Waals surface area contributed by atoms with Crippen LogP contribution in [0.15, 0.2) is 54.7 Å². The first-order valence-corrected chi connectivity index (χ1v) is 8.35. The molecule has 24 heavy (non-hydrogen) atoms. The average molecular weight is 319 g/mol. The first-order valence-electron chi connectivity index (χ1n) is 8.35. The molecule has 1 aliphatic rings. The molecule has 1 saturated heterocycles. The molecule has 0 radical (unpaired) electrons. The second-order valence-electron chi connectivity index (χ2n) is 6.43. The molecule has 0 bridgehead atoms. The number of aldehydes is 1. The van der Waals surface area contributed by atoms with Crippen LogP contribution in [0.1, 0.15) is 10.4 Å². The molecular weight excluding hydrogens is 298 g/mol. The van der Waals surface area contributed by atoms with Crippen LogP contribution in [0.3, 0.4) is 0 Å². The minimum Gasteiger partial charge on any atom is -0.369 e. The number of fused-ring (bicyclic) bond motifs is 1. The lowest BCUT2D eigenvalue weighted by Gasteiger charge is -2.34. The van der Waals surface area contributed by atoms with E-state index in [9.17, 15) is 4.79 Å². The average Bonchev–Trinajstić information content (AvgIpc) is 3.05. The van der Waals surface area contributed by atoms with Crippen molar-refractivity contribution in [2.45, 2.75) is 0 Å². The number of likely N-dealkylation sites (N-methyl/N-ethyl adjacent to an activating group) is 1. The number of aromatic nitrogens is 1. The topological polar surface area (TPSA) is 28.5 Å². The lowest BCUT2D eigenvalue weighted by atomic mass is 10.2. The van der Waals surface area contributed by atoms with Gasteiger partial charge in [0.15, 0.2) is 0 Å². The van der Waals surface area contributed by atoms with E-state index < -0.39 is 0 Å². The summed E-state index contributed by atoms with van der Waals surface area (Å²) in [4.78, 5) is 15.8. The smallest absolute Gasteiger partial charge is 0.150 e. The molecular formula is C20H21N3O. The summed E-state index contributed by atoms with van der Waals surface area (Å²) in [6.45, 7) is 4.37. The van der Waals surface area contributed by atoms with Crippen LogP contribution in [0.5, 0.6) is 0 Å². The maximum Gasteiger partial charge on any atom is 0.150 e. The third-order valence-corrected chi connectivity index (χ3v) is 4.85. The summed E-state index contributed by atoms with van der Waals surface area (Å²) in [6, 6.07) is 16.6. The second kappa shape index (κ2) is 6.13. The zero-order valence-corrected chi connectivity index (χ0v) is 13.9. The Morgan fingerprint density at radius 2 is 1.58 bits per heavy atom. The molecule has 2 aromatic carbocycles. The zero-order chi connectivity index (χ0) is 16.5. The molecule has 0 amide bonds. The van der Waals surface area contributed by atoms with Gasteiger partial charge in [0, 0.05) is 49.3 Å². The van der Waals surface area contributed by atoms with Gasteiger partial charge in [-0.15, -0.1) is 0 Å². The van der Waals surface area contributed by atoms with E-state index >= 15 is 0 Å². The number of benzene rings is 2. The molecule has 1 fully saturated rings. The Kier molecular flexibility index (Phi) is 3.82. The van der Waals surface area contributed by atoms with Gasteiger partial charge in [-0.1, -0.05) is 12.1 Å². The number of carbonyl (C=O) groups is 1. The van der Waals surface area contributed by atoms with Crippen LogP contribution in [-0.4, -0.2) is 49.0 Å². The Morgan fingerprint density at radius 3 is 2.29 bits per heavy atom. The Labute approximate surface area is 141 Å². The molecule has 2 heterocycles. The van der Waals surface area contributed by atoms with Crippen molar-refractivity contribution in [2.75, 3.05) is 38.1 Å². The molecule has 1 aliphatic heterocycles. The summed E-state index contributed by atoms with van der Waals surface area (Å²) >= 11 is 0. The molecule has 0 saturated carbocycles. The van der Waals surface area contributed by atoms with Crippen LogP contribution in [0.4, 0.5) is 5.69 Å². The standard InChI is InChI=1S/C20H21N3O/c1-21-10-12-22(13-11-21)18-4-6-19(7-5-18)23-9-8-17-3-2-16(15-24)14-20(17)23/h2-9,14-15H,10-13H2,1H3. The molecule has 4 nitrogen and oxygen atoms in total. The number of hydrogen-bond acceptors (Lipinski definition) is 3. The van der Waals surface area contributed by atoms with Gasteiger partial charge in [-0.25, -0.2) is 0 Å². The molecule has 4 heteroatoms. The summed E-state index contributed by atoms with van der Waals surface area (Å²) in [5.74, 6) is 0. The van der Waals surface area contributed by atoms with Gasteiger partial charge in [0.1, 0.15) is 6.29 Å². The van der Waals surface area contributed by atoms with Crippen molar-refractivity contribution in [3.8, 4) is 5.69 Å². The molecule has 122 valence electrons. The highest BCUT2D eigenvalue weighted by atomic mass is 16.1. The van der Waals surface area contributed by atoms with E-state index in [1.807, 2.05) is 18.2 Å². The highest BCUT2D eigenvalue weighted by Gasteiger charge is 2.14. The SMILES string of the molecule is CN1CCN(c2ccc(-n3ccc4ccc(C=O)cc43)cc2)CC1. The molecule has 0 aliphatic carbocycles. The van der Waals surface area contributed by atoms with E-state index in [0.29, 0.717) is 5.56 Å². The van der Waals surface area contributed by atoms with Crippen LogP contribution in [0.2, 0.25) is 0 Å². The fraction of sp³-hybridized carbons (Fsp3) is 0.250. The van der Waals surface area contributed by atoms with Crippen molar-refractivity contribution in [3.63, 3.8) is 0 Å². The minimum absolute atomic E-state index is 0.705. The van der Waals surface area contributed by atoms with Crippen LogP contribution in [-0.2, 0) is 0 Å². The van der Waals surface area contributed by atoms with Gasteiger partial charge in [-0.2, -0.15) is 0 Å². The zero-order valence-electron chi connectivity index (χ0n) is 13.9. The molecule has 0 spiro atoms. The maximum atomic E-state index is 11.0. The van der Waals surface area contributed by atoms with Crippen molar-refractivity contribution in [2.24, 2.45) is 0 Å². The highest BCUT2D eigenvalue weighted by Crippen LogP contribution is 2.24. The van der Waals surface area contributed by atoms with E-state index in [1.165, 1.54) is 5.69 Å². The van der Waals surface area contributed by atoms with E-state index in [1.54, 1.807) is 0 Å². The van der Waals surface area contributed by atoms with E-state index in [0.717, 1.165) is 49.1 Å². The van der Waals surface area contributed by atoms with Gasteiger partial charge in [-0.3, -0.25) is 4.79 Å². The number of piperazine rings is 1. The van der Waals surface area contributed by atoms with Crippen molar-refractivity contribution in [1.82, 2.24) is 9.47 Å².